The van der Waals surface area contributed by atoms with Crippen molar-refractivity contribution in [1.29, 1.82) is 0 Å². The van der Waals surface area contributed by atoms with Crippen molar-refractivity contribution in [2.45, 2.75) is 32.3 Å². The van der Waals surface area contributed by atoms with Crippen LogP contribution in [0.5, 0.6) is 5.75 Å². The Morgan fingerprint density at radius 1 is 0.667 bits per heavy atom. The molecule has 0 bridgehead atoms. The smallest absolute Gasteiger partial charge is 0.429 e. The van der Waals surface area contributed by atoms with Crippen LogP contribution < -0.4 is 4.74 Å². The van der Waals surface area contributed by atoms with E-state index in [1.54, 1.807) is 12.1 Å². The molecule has 0 fully saturated rings. The lowest BCUT2D eigenvalue weighted by Gasteiger charge is -2.19. The summed E-state index contributed by atoms with van der Waals surface area (Å²) in [5, 5.41) is 0. The lowest BCUT2D eigenvalue weighted by molar-refractivity contribution is -0.189. The molecule has 4 aromatic rings. The standard InChI is InChI=1S/C31H21F7O/c1-2-3-4-19-7-11-22(12-8-19)23-13-9-20(10-14-23)5-6-21-15-25(32)29(26(33)16-21)31(37,38)39-24-17-27(34)30(36)28(35)18-24/h7-18H,2-4H2,1H3. The Morgan fingerprint density at radius 3 is 1.72 bits per heavy atom. The largest absolute Gasteiger partial charge is 0.432 e. The molecule has 0 atom stereocenters. The Balaban J connectivity index is 1.51. The second-order valence-electron chi connectivity index (χ2n) is 8.76. The number of hydrogen-bond donors (Lipinski definition) is 0. The average molecular weight is 542 g/mol. The number of ether oxygens (including phenoxy) is 1. The number of halogens is 7. The van der Waals surface area contributed by atoms with Gasteiger partial charge in [0.1, 0.15) is 22.9 Å². The first-order chi connectivity index (χ1) is 18.6. The summed E-state index contributed by atoms with van der Waals surface area (Å²) in [7, 11) is 0. The van der Waals surface area contributed by atoms with Gasteiger partial charge in [-0.25, -0.2) is 22.0 Å². The fraction of sp³-hybridized carbons (Fsp3) is 0.161. The number of unbranched alkanes of at least 4 members (excludes halogenated alkanes) is 1. The topological polar surface area (TPSA) is 9.23 Å². The molecule has 0 saturated heterocycles. The maximum atomic E-state index is 14.5. The lowest BCUT2D eigenvalue weighted by Crippen LogP contribution is -2.25. The van der Waals surface area contributed by atoms with E-state index < -0.39 is 46.5 Å². The minimum Gasteiger partial charge on any atom is -0.429 e. The molecule has 0 spiro atoms. The van der Waals surface area contributed by atoms with E-state index in [2.05, 4.69) is 35.6 Å². The molecule has 1 nitrogen and oxygen atoms in total. The molecule has 0 aliphatic carbocycles. The predicted molar refractivity (Wildman–Crippen MR) is 134 cm³/mol. The normalized spacial score (nSPS) is 11.2. The number of alkyl halides is 2. The van der Waals surface area contributed by atoms with Crippen molar-refractivity contribution in [2.75, 3.05) is 0 Å². The summed E-state index contributed by atoms with van der Waals surface area (Å²) in [6.07, 6.45) is -1.40. The summed E-state index contributed by atoms with van der Waals surface area (Å²) in [4.78, 5) is 0. The van der Waals surface area contributed by atoms with Crippen LogP contribution in [0.2, 0.25) is 0 Å². The van der Waals surface area contributed by atoms with Crippen LogP contribution in [0.15, 0.2) is 72.8 Å². The van der Waals surface area contributed by atoms with E-state index in [0.717, 1.165) is 30.4 Å². The SMILES string of the molecule is CCCCc1ccc(-c2ccc(C#Cc3cc(F)c(C(F)(F)Oc4cc(F)c(F)c(F)c4)c(F)c3)cc2)cc1. The summed E-state index contributed by atoms with van der Waals surface area (Å²) in [5.41, 5.74) is 1.74. The molecule has 0 amide bonds. The number of aryl methyl sites for hydroxylation is 1. The van der Waals surface area contributed by atoms with E-state index in [4.69, 9.17) is 0 Å². The molecule has 200 valence electrons. The van der Waals surface area contributed by atoms with Gasteiger partial charge in [0.25, 0.3) is 0 Å². The summed E-state index contributed by atoms with van der Waals surface area (Å²) in [6, 6.07) is 16.8. The fourth-order valence-corrected chi connectivity index (χ4v) is 3.85. The molecule has 0 aliphatic heterocycles. The van der Waals surface area contributed by atoms with Gasteiger partial charge in [-0.2, -0.15) is 8.78 Å². The van der Waals surface area contributed by atoms with Gasteiger partial charge in [0.15, 0.2) is 17.5 Å². The predicted octanol–water partition coefficient (Wildman–Crippen LogP) is 8.92. The zero-order valence-corrected chi connectivity index (χ0v) is 20.6. The highest BCUT2D eigenvalue weighted by atomic mass is 19.3. The zero-order valence-electron chi connectivity index (χ0n) is 20.6. The summed E-state index contributed by atoms with van der Waals surface area (Å²) in [6.45, 7) is 2.14. The van der Waals surface area contributed by atoms with Crippen LogP contribution in [0.1, 0.15) is 42.0 Å². The van der Waals surface area contributed by atoms with Gasteiger partial charge in [-0.3, -0.25) is 0 Å². The third kappa shape index (κ3) is 6.61. The maximum Gasteiger partial charge on any atom is 0.432 e. The third-order valence-electron chi connectivity index (χ3n) is 5.88. The molecular weight excluding hydrogens is 521 g/mol. The minimum absolute atomic E-state index is 0.135. The highest BCUT2D eigenvalue weighted by Crippen LogP contribution is 2.36. The van der Waals surface area contributed by atoms with Crippen LogP contribution in [-0.2, 0) is 12.5 Å². The van der Waals surface area contributed by atoms with Gasteiger partial charge in [-0.05, 0) is 53.8 Å². The van der Waals surface area contributed by atoms with Gasteiger partial charge in [0.2, 0.25) is 0 Å². The monoisotopic (exact) mass is 542 g/mol. The molecule has 39 heavy (non-hydrogen) atoms. The van der Waals surface area contributed by atoms with Crippen molar-refractivity contribution in [2.24, 2.45) is 0 Å². The van der Waals surface area contributed by atoms with Crippen LogP contribution in [0, 0.1) is 40.9 Å². The van der Waals surface area contributed by atoms with Gasteiger partial charge in [-0.1, -0.05) is 61.6 Å². The van der Waals surface area contributed by atoms with Gasteiger partial charge in [0, 0.05) is 23.3 Å². The molecular formula is C31H21F7O. The zero-order chi connectivity index (χ0) is 28.2. The van der Waals surface area contributed by atoms with Gasteiger partial charge < -0.3 is 4.74 Å². The first-order valence-electron chi connectivity index (χ1n) is 12.0. The van der Waals surface area contributed by atoms with Crippen molar-refractivity contribution in [3.05, 3.63) is 124 Å². The first kappa shape index (κ1) is 27.8. The van der Waals surface area contributed by atoms with E-state index in [9.17, 15) is 30.7 Å². The number of benzene rings is 4. The summed E-state index contributed by atoms with van der Waals surface area (Å²) in [5.74, 6) is -4.81. The molecule has 0 unspecified atom stereocenters. The van der Waals surface area contributed by atoms with Crippen molar-refractivity contribution in [1.82, 2.24) is 0 Å². The number of rotatable bonds is 7. The Bertz CT molecular complexity index is 1490. The second-order valence-corrected chi connectivity index (χ2v) is 8.76. The lowest BCUT2D eigenvalue weighted by atomic mass is 10.0. The van der Waals surface area contributed by atoms with Crippen LogP contribution >= 0.6 is 0 Å². The van der Waals surface area contributed by atoms with E-state index in [1.807, 2.05) is 24.3 Å². The number of hydrogen-bond acceptors (Lipinski definition) is 1. The molecule has 4 aromatic carbocycles. The highest BCUT2D eigenvalue weighted by Gasteiger charge is 2.41. The molecule has 0 N–H and O–H groups in total. The van der Waals surface area contributed by atoms with Crippen LogP contribution in [0.3, 0.4) is 0 Å². The van der Waals surface area contributed by atoms with Crippen molar-refractivity contribution in [3.63, 3.8) is 0 Å². The van der Waals surface area contributed by atoms with E-state index in [0.29, 0.717) is 17.7 Å². The average Bonchev–Trinajstić information content (AvgIpc) is 2.89. The van der Waals surface area contributed by atoms with Gasteiger partial charge >= 0.3 is 6.11 Å². The molecule has 0 aromatic heterocycles. The Hall–Kier alpha value is -4.25. The van der Waals surface area contributed by atoms with Crippen LogP contribution in [0.25, 0.3) is 11.1 Å². The Morgan fingerprint density at radius 2 is 1.18 bits per heavy atom. The minimum atomic E-state index is -4.67. The van der Waals surface area contributed by atoms with Gasteiger partial charge in [0.05, 0.1) is 0 Å². The van der Waals surface area contributed by atoms with E-state index in [1.165, 1.54) is 5.56 Å². The summed E-state index contributed by atoms with van der Waals surface area (Å²) < 4.78 is 102. The molecule has 8 heteroatoms. The highest BCUT2D eigenvalue weighted by molar-refractivity contribution is 5.64. The van der Waals surface area contributed by atoms with Crippen LogP contribution in [0.4, 0.5) is 30.7 Å². The first-order valence-corrected chi connectivity index (χ1v) is 12.0. The molecule has 4 rings (SSSR count). The van der Waals surface area contributed by atoms with Gasteiger partial charge in [-0.15, -0.1) is 0 Å². The fourth-order valence-electron chi connectivity index (χ4n) is 3.85. The Kier molecular flexibility index (Phi) is 8.29. The third-order valence-corrected chi connectivity index (χ3v) is 5.88. The quantitative estimate of drug-likeness (QED) is 0.129. The molecule has 0 heterocycles. The van der Waals surface area contributed by atoms with Crippen LogP contribution in [-0.4, -0.2) is 0 Å². The maximum absolute atomic E-state index is 14.5. The molecule has 0 aliphatic rings. The molecule has 0 saturated carbocycles. The van der Waals surface area contributed by atoms with Crippen molar-refractivity contribution in [3.8, 4) is 28.7 Å². The van der Waals surface area contributed by atoms with E-state index >= 15 is 0 Å². The molecule has 0 radical (unpaired) electrons. The Labute approximate surface area is 220 Å². The van der Waals surface area contributed by atoms with Crippen molar-refractivity contribution < 1.29 is 35.5 Å². The van der Waals surface area contributed by atoms with E-state index in [-0.39, 0.29) is 17.7 Å². The summed E-state index contributed by atoms with van der Waals surface area (Å²) >= 11 is 0. The second kappa shape index (κ2) is 11.6. The van der Waals surface area contributed by atoms with Crippen molar-refractivity contribution >= 4 is 0 Å².